The highest BCUT2D eigenvalue weighted by molar-refractivity contribution is 7.99. The van der Waals surface area contributed by atoms with E-state index in [-0.39, 0.29) is 17.7 Å². The van der Waals surface area contributed by atoms with E-state index in [9.17, 15) is 4.79 Å². The van der Waals surface area contributed by atoms with E-state index in [1.165, 1.54) is 11.8 Å². The fourth-order valence-electron chi connectivity index (χ4n) is 2.49. The van der Waals surface area contributed by atoms with Crippen LogP contribution in [0.5, 0.6) is 0 Å². The number of aromatic nitrogens is 1. The molecule has 0 N–H and O–H groups in total. The van der Waals surface area contributed by atoms with Gasteiger partial charge in [-0.3, -0.25) is 4.79 Å². The van der Waals surface area contributed by atoms with Crippen LogP contribution in [-0.4, -0.2) is 27.6 Å². The second kappa shape index (κ2) is 7.93. The lowest BCUT2D eigenvalue weighted by atomic mass is 10.2. The van der Waals surface area contributed by atoms with Gasteiger partial charge in [-0.15, -0.1) is 0 Å². The maximum atomic E-state index is 12.6. The summed E-state index contributed by atoms with van der Waals surface area (Å²) in [5, 5.41) is 1.09. The lowest BCUT2D eigenvalue weighted by Crippen LogP contribution is -2.37. The third-order valence-electron chi connectivity index (χ3n) is 3.79. The van der Waals surface area contributed by atoms with Gasteiger partial charge in [-0.25, -0.2) is 4.98 Å². The van der Waals surface area contributed by atoms with Gasteiger partial charge in [0.2, 0.25) is 5.91 Å². The number of nitrogens with zero attached hydrogens (tertiary/aromatic N) is 2. The van der Waals surface area contributed by atoms with E-state index in [0.29, 0.717) is 27.9 Å². The molecule has 1 amide bonds. The number of thioether (sulfide) groups is 1. The van der Waals surface area contributed by atoms with Crippen LogP contribution in [0.2, 0.25) is 5.02 Å². The second-order valence-corrected chi connectivity index (χ2v) is 7.34. The van der Waals surface area contributed by atoms with Crippen LogP contribution in [0, 0.1) is 0 Å². The van der Waals surface area contributed by atoms with Crippen molar-refractivity contribution < 1.29 is 9.21 Å². The summed E-state index contributed by atoms with van der Waals surface area (Å²) in [5.74, 6) is 0.343. The molecule has 0 aliphatic carbocycles. The van der Waals surface area contributed by atoms with Crippen molar-refractivity contribution in [3.8, 4) is 0 Å². The Labute approximate surface area is 156 Å². The van der Waals surface area contributed by atoms with E-state index in [2.05, 4.69) is 4.98 Å². The Kier molecular flexibility index (Phi) is 5.66. The number of hydrogen-bond acceptors (Lipinski definition) is 4. The molecule has 0 unspecified atom stereocenters. The molecule has 0 bridgehead atoms. The van der Waals surface area contributed by atoms with Crippen molar-refractivity contribution in [2.24, 2.45) is 0 Å². The zero-order valence-electron chi connectivity index (χ0n) is 14.1. The van der Waals surface area contributed by atoms with E-state index >= 15 is 0 Å². The Balaban J connectivity index is 1.66. The lowest BCUT2D eigenvalue weighted by Gasteiger charge is -2.26. The number of fused-ring (bicyclic) bond motifs is 1. The Morgan fingerprint density at radius 1 is 1.24 bits per heavy atom. The fourth-order valence-corrected chi connectivity index (χ4v) is 3.38. The number of oxazole rings is 1. The van der Waals surface area contributed by atoms with E-state index < -0.39 is 0 Å². The van der Waals surface area contributed by atoms with Crippen LogP contribution in [0.4, 0.5) is 0 Å². The topological polar surface area (TPSA) is 46.3 Å². The number of carbonyl (C=O) groups excluding carboxylic acids is 1. The number of rotatable bonds is 6. The molecule has 0 aliphatic rings. The van der Waals surface area contributed by atoms with Gasteiger partial charge < -0.3 is 9.32 Å². The molecule has 0 radical (unpaired) electrons. The molecule has 4 nitrogen and oxygen atoms in total. The molecule has 1 aromatic heterocycles. The van der Waals surface area contributed by atoms with Crippen molar-refractivity contribution in [3.05, 3.63) is 59.1 Å². The molecule has 0 spiro atoms. The van der Waals surface area contributed by atoms with Gasteiger partial charge in [-0.2, -0.15) is 0 Å². The normalized spacial score (nSPS) is 11.2. The first-order chi connectivity index (χ1) is 12.0. The number of halogens is 1. The van der Waals surface area contributed by atoms with Crippen molar-refractivity contribution in [2.75, 3.05) is 5.75 Å². The number of carbonyl (C=O) groups is 1. The third kappa shape index (κ3) is 4.55. The minimum atomic E-state index is 0.0594. The second-order valence-electron chi connectivity index (χ2n) is 5.98. The molecule has 6 heteroatoms. The molecule has 25 heavy (non-hydrogen) atoms. The number of amides is 1. The Morgan fingerprint density at radius 3 is 2.72 bits per heavy atom. The summed E-state index contributed by atoms with van der Waals surface area (Å²) in [5.41, 5.74) is 2.49. The average Bonchev–Trinajstić information content (AvgIpc) is 3.00. The summed E-state index contributed by atoms with van der Waals surface area (Å²) in [6, 6.07) is 15.4. The van der Waals surface area contributed by atoms with Crippen molar-refractivity contribution in [1.29, 1.82) is 0 Å². The Morgan fingerprint density at radius 2 is 2.00 bits per heavy atom. The Bertz CT molecular complexity index is 864. The minimum Gasteiger partial charge on any atom is -0.431 e. The monoisotopic (exact) mass is 374 g/mol. The zero-order chi connectivity index (χ0) is 17.8. The SMILES string of the molecule is CC(C)N(Cc1ccccc1)C(=O)CSc1nc2cc(Cl)ccc2o1. The largest absolute Gasteiger partial charge is 0.431 e. The predicted molar refractivity (Wildman–Crippen MR) is 102 cm³/mol. The summed E-state index contributed by atoms with van der Waals surface area (Å²) in [4.78, 5) is 18.9. The van der Waals surface area contributed by atoms with E-state index in [0.717, 1.165) is 5.56 Å². The molecule has 130 valence electrons. The molecule has 0 saturated carbocycles. The van der Waals surface area contributed by atoms with Crippen LogP contribution in [0.25, 0.3) is 11.1 Å². The summed E-state index contributed by atoms with van der Waals surface area (Å²) >= 11 is 7.26. The molecule has 0 saturated heterocycles. The van der Waals surface area contributed by atoms with Crippen LogP contribution in [0.3, 0.4) is 0 Å². The van der Waals surface area contributed by atoms with Gasteiger partial charge in [-0.05, 0) is 37.6 Å². The molecule has 0 aliphatic heterocycles. The van der Waals surface area contributed by atoms with Gasteiger partial charge in [0.25, 0.3) is 5.22 Å². The van der Waals surface area contributed by atoms with E-state index in [1.54, 1.807) is 18.2 Å². The van der Waals surface area contributed by atoms with Gasteiger partial charge >= 0.3 is 0 Å². The van der Waals surface area contributed by atoms with E-state index in [1.807, 2.05) is 49.1 Å². The number of hydrogen-bond donors (Lipinski definition) is 0. The highest BCUT2D eigenvalue weighted by Crippen LogP contribution is 2.26. The zero-order valence-corrected chi connectivity index (χ0v) is 15.7. The standard InChI is InChI=1S/C19H19ClN2O2S/c1-13(2)22(11-14-6-4-3-5-7-14)18(23)12-25-19-21-16-10-15(20)8-9-17(16)24-19/h3-10,13H,11-12H2,1-2H3. The Hall–Kier alpha value is -1.98. The quantitative estimate of drug-likeness (QED) is 0.569. The fraction of sp³-hybridized carbons (Fsp3) is 0.263. The highest BCUT2D eigenvalue weighted by Gasteiger charge is 2.19. The maximum absolute atomic E-state index is 12.6. The van der Waals surface area contributed by atoms with Gasteiger partial charge in [0, 0.05) is 17.6 Å². The van der Waals surface area contributed by atoms with Crippen LogP contribution < -0.4 is 0 Å². The first kappa shape index (κ1) is 17.8. The molecule has 3 rings (SSSR count). The molecule has 0 atom stereocenters. The van der Waals surface area contributed by atoms with Crippen LogP contribution in [0.15, 0.2) is 58.2 Å². The van der Waals surface area contributed by atoms with Crippen molar-refractivity contribution in [3.63, 3.8) is 0 Å². The summed E-state index contributed by atoms with van der Waals surface area (Å²) in [6.07, 6.45) is 0. The van der Waals surface area contributed by atoms with Crippen molar-refractivity contribution in [2.45, 2.75) is 31.7 Å². The van der Waals surface area contributed by atoms with Crippen LogP contribution >= 0.6 is 23.4 Å². The van der Waals surface area contributed by atoms with Gasteiger partial charge in [-0.1, -0.05) is 53.7 Å². The minimum absolute atomic E-state index is 0.0594. The summed E-state index contributed by atoms with van der Waals surface area (Å²) < 4.78 is 5.65. The molecular formula is C19H19ClN2O2S. The molecule has 2 aromatic carbocycles. The first-order valence-electron chi connectivity index (χ1n) is 8.05. The number of benzene rings is 2. The molecule has 0 fully saturated rings. The molecular weight excluding hydrogens is 356 g/mol. The van der Waals surface area contributed by atoms with Gasteiger partial charge in [0.05, 0.1) is 5.75 Å². The van der Waals surface area contributed by atoms with Gasteiger partial charge in [0.1, 0.15) is 5.52 Å². The van der Waals surface area contributed by atoms with Gasteiger partial charge in [0.15, 0.2) is 5.58 Å². The maximum Gasteiger partial charge on any atom is 0.257 e. The third-order valence-corrected chi connectivity index (χ3v) is 4.84. The predicted octanol–water partition coefficient (Wildman–Crippen LogP) is 5.01. The first-order valence-corrected chi connectivity index (χ1v) is 9.41. The average molecular weight is 375 g/mol. The van der Waals surface area contributed by atoms with Crippen LogP contribution in [-0.2, 0) is 11.3 Å². The van der Waals surface area contributed by atoms with Crippen LogP contribution in [0.1, 0.15) is 19.4 Å². The molecule has 3 aromatic rings. The van der Waals surface area contributed by atoms with E-state index in [4.69, 9.17) is 16.0 Å². The van der Waals surface area contributed by atoms with Crippen molar-refractivity contribution >= 4 is 40.4 Å². The summed E-state index contributed by atoms with van der Waals surface area (Å²) in [6.45, 7) is 4.64. The highest BCUT2D eigenvalue weighted by atomic mass is 35.5. The van der Waals surface area contributed by atoms with Crippen molar-refractivity contribution in [1.82, 2.24) is 9.88 Å². The summed E-state index contributed by atoms with van der Waals surface area (Å²) in [7, 11) is 0. The lowest BCUT2D eigenvalue weighted by molar-refractivity contribution is -0.130. The smallest absolute Gasteiger partial charge is 0.257 e. The molecule has 1 heterocycles.